The van der Waals surface area contributed by atoms with Crippen LogP contribution in [0.15, 0.2) is 30.3 Å². The lowest BCUT2D eigenvalue weighted by atomic mass is 9.90. The molecular formula is C14H21ClN2O2. The average Bonchev–Trinajstić information content (AvgIpc) is 2.40. The Morgan fingerprint density at radius 3 is 2.47 bits per heavy atom. The SMILES string of the molecule is CC(NC(=O)C1(N)CCOCC1)c1ccccc1.Cl. The van der Waals surface area contributed by atoms with E-state index in [1.165, 1.54) is 0 Å². The summed E-state index contributed by atoms with van der Waals surface area (Å²) < 4.78 is 5.24. The van der Waals surface area contributed by atoms with Crippen LogP contribution in [0.3, 0.4) is 0 Å². The largest absolute Gasteiger partial charge is 0.381 e. The molecule has 0 spiro atoms. The maximum atomic E-state index is 12.2. The highest BCUT2D eigenvalue weighted by Crippen LogP contribution is 2.20. The van der Waals surface area contributed by atoms with Crippen molar-refractivity contribution in [2.24, 2.45) is 5.73 Å². The molecule has 19 heavy (non-hydrogen) atoms. The molecule has 0 saturated carbocycles. The molecule has 1 atom stereocenters. The van der Waals surface area contributed by atoms with Crippen LogP contribution >= 0.6 is 12.4 Å². The Kier molecular flexibility index (Phi) is 5.79. The number of nitrogens with two attached hydrogens (primary N) is 1. The molecule has 0 bridgehead atoms. The van der Waals surface area contributed by atoms with Crippen LogP contribution in [0.25, 0.3) is 0 Å². The van der Waals surface area contributed by atoms with E-state index in [9.17, 15) is 4.79 Å². The monoisotopic (exact) mass is 284 g/mol. The second-order valence-electron chi connectivity index (χ2n) is 4.87. The van der Waals surface area contributed by atoms with Crippen LogP contribution in [-0.2, 0) is 9.53 Å². The smallest absolute Gasteiger partial charge is 0.240 e. The van der Waals surface area contributed by atoms with Crippen LogP contribution in [0.5, 0.6) is 0 Å². The lowest BCUT2D eigenvalue weighted by Crippen LogP contribution is -2.57. The molecule has 1 aliphatic rings. The highest BCUT2D eigenvalue weighted by molar-refractivity contribution is 5.86. The lowest BCUT2D eigenvalue weighted by molar-refractivity contribution is -0.130. The van der Waals surface area contributed by atoms with Crippen molar-refractivity contribution in [2.75, 3.05) is 13.2 Å². The highest BCUT2D eigenvalue weighted by Gasteiger charge is 2.36. The van der Waals surface area contributed by atoms with Gasteiger partial charge in [0, 0.05) is 13.2 Å². The average molecular weight is 285 g/mol. The Bertz CT molecular complexity index is 405. The number of carbonyl (C=O) groups is 1. The zero-order valence-electron chi connectivity index (χ0n) is 11.1. The van der Waals surface area contributed by atoms with E-state index in [1.807, 2.05) is 37.3 Å². The minimum atomic E-state index is -0.776. The number of nitrogens with one attached hydrogen (secondary N) is 1. The van der Waals surface area contributed by atoms with Crippen molar-refractivity contribution in [3.05, 3.63) is 35.9 Å². The summed E-state index contributed by atoms with van der Waals surface area (Å²) in [6.45, 7) is 3.09. The number of ether oxygens (including phenoxy) is 1. The van der Waals surface area contributed by atoms with Gasteiger partial charge in [0.1, 0.15) is 0 Å². The third-order valence-electron chi connectivity index (χ3n) is 3.48. The molecular weight excluding hydrogens is 264 g/mol. The van der Waals surface area contributed by atoms with Crippen molar-refractivity contribution < 1.29 is 9.53 Å². The first-order valence-electron chi connectivity index (χ1n) is 6.34. The predicted octanol–water partition coefficient (Wildman–Crippen LogP) is 1.79. The molecule has 3 N–H and O–H groups in total. The van der Waals surface area contributed by atoms with Crippen LogP contribution < -0.4 is 11.1 Å². The third-order valence-corrected chi connectivity index (χ3v) is 3.48. The van der Waals surface area contributed by atoms with Gasteiger partial charge in [0.05, 0.1) is 11.6 Å². The van der Waals surface area contributed by atoms with Crippen LogP contribution in [0.1, 0.15) is 31.4 Å². The Balaban J connectivity index is 0.00000180. The number of hydrogen-bond acceptors (Lipinski definition) is 3. The lowest BCUT2D eigenvalue weighted by Gasteiger charge is -2.33. The quantitative estimate of drug-likeness (QED) is 0.889. The van der Waals surface area contributed by atoms with E-state index in [2.05, 4.69) is 5.32 Å². The summed E-state index contributed by atoms with van der Waals surface area (Å²) in [7, 11) is 0. The van der Waals surface area contributed by atoms with E-state index in [-0.39, 0.29) is 24.4 Å². The molecule has 1 heterocycles. The van der Waals surface area contributed by atoms with Gasteiger partial charge >= 0.3 is 0 Å². The van der Waals surface area contributed by atoms with Crippen molar-refractivity contribution >= 4 is 18.3 Å². The Morgan fingerprint density at radius 1 is 1.32 bits per heavy atom. The second-order valence-corrected chi connectivity index (χ2v) is 4.87. The summed E-state index contributed by atoms with van der Waals surface area (Å²) in [5.74, 6) is -0.0813. The number of amides is 1. The van der Waals surface area contributed by atoms with Crippen molar-refractivity contribution in [1.29, 1.82) is 0 Å². The van der Waals surface area contributed by atoms with Gasteiger partial charge in [-0.2, -0.15) is 0 Å². The summed E-state index contributed by atoms with van der Waals surface area (Å²) >= 11 is 0. The van der Waals surface area contributed by atoms with E-state index in [0.29, 0.717) is 26.1 Å². The van der Waals surface area contributed by atoms with Gasteiger partial charge in [-0.3, -0.25) is 4.79 Å². The summed E-state index contributed by atoms with van der Waals surface area (Å²) in [6.07, 6.45) is 1.17. The van der Waals surface area contributed by atoms with Gasteiger partial charge in [-0.15, -0.1) is 12.4 Å². The molecule has 106 valence electrons. The molecule has 4 nitrogen and oxygen atoms in total. The van der Waals surface area contributed by atoms with Crippen LogP contribution in [0.4, 0.5) is 0 Å². The summed E-state index contributed by atoms with van der Waals surface area (Å²) in [5.41, 5.74) is 6.45. The Morgan fingerprint density at radius 2 is 1.89 bits per heavy atom. The molecule has 0 radical (unpaired) electrons. The predicted molar refractivity (Wildman–Crippen MR) is 77.2 cm³/mol. The van der Waals surface area contributed by atoms with Crippen molar-refractivity contribution in [2.45, 2.75) is 31.3 Å². The molecule has 0 aliphatic carbocycles. The molecule has 1 saturated heterocycles. The fraction of sp³-hybridized carbons (Fsp3) is 0.500. The van der Waals surface area contributed by atoms with E-state index in [4.69, 9.17) is 10.5 Å². The number of benzene rings is 1. The molecule has 1 aliphatic heterocycles. The Labute approximate surface area is 120 Å². The van der Waals surface area contributed by atoms with Crippen LogP contribution in [0, 0.1) is 0 Å². The fourth-order valence-electron chi connectivity index (χ4n) is 2.13. The van der Waals surface area contributed by atoms with Gasteiger partial charge in [-0.25, -0.2) is 0 Å². The maximum Gasteiger partial charge on any atom is 0.240 e. The molecule has 5 heteroatoms. The third kappa shape index (κ3) is 3.93. The van der Waals surface area contributed by atoms with Gasteiger partial charge in [0.25, 0.3) is 0 Å². The van der Waals surface area contributed by atoms with Gasteiger partial charge in [-0.1, -0.05) is 30.3 Å². The molecule has 1 unspecified atom stereocenters. The second kappa shape index (κ2) is 6.89. The molecule has 1 amide bonds. The number of carbonyl (C=O) groups excluding carboxylic acids is 1. The van der Waals surface area contributed by atoms with Crippen LogP contribution in [0.2, 0.25) is 0 Å². The molecule has 1 fully saturated rings. The van der Waals surface area contributed by atoms with E-state index >= 15 is 0 Å². The first kappa shape index (κ1) is 16.0. The zero-order chi connectivity index (χ0) is 13.0. The molecule has 0 aromatic heterocycles. The van der Waals surface area contributed by atoms with E-state index in [0.717, 1.165) is 5.56 Å². The molecule has 1 aromatic carbocycles. The normalized spacial score (nSPS) is 19.1. The summed E-state index contributed by atoms with van der Waals surface area (Å²) in [6, 6.07) is 9.86. The fourth-order valence-corrected chi connectivity index (χ4v) is 2.13. The topological polar surface area (TPSA) is 64.4 Å². The summed E-state index contributed by atoms with van der Waals surface area (Å²) in [5, 5.41) is 2.99. The van der Waals surface area contributed by atoms with Gasteiger partial charge in [0.15, 0.2) is 0 Å². The first-order chi connectivity index (χ1) is 8.62. The Hall–Kier alpha value is -1.10. The van der Waals surface area contributed by atoms with Crippen molar-refractivity contribution in [3.8, 4) is 0 Å². The number of hydrogen-bond donors (Lipinski definition) is 2. The minimum absolute atomic E-state index is 0. The number of halogens is 1. The van der Waals surface area contributed by atoms with Gasteiger partial charge in [-0.05, 0) is 25.3 Å². The number of rotatable bonds is 3. The molecule has 1 aromatic rings. The first-order valence-corrected chi connectivity index (χ1v) is 6.34. The zero-order valence-corrected chi connectivity index (χ0v) is 11.9. The highest BCUT2D eigenvalue weighted by atomic mass is 35.5. The van der Waals surface area contributed by atoms with Gasteiger partial charge < -0.3 is 15.8 Å². The minimum Gasteiger partial charge on any atom is -0.381 e. The molecule has 2 rings (SSSR count). The van der Waals surface area contributed by atoms with Crippen molar-refractivity contribution in [1.82, 2.24) is 5.32 Å². The van der Waals surface area contributed by atoms with E-state index in [1.54, 1.807) is 0 Å². The maximum absolute atomic E-state index is 12.2. The summed E-state index contributed by atoms with van der Waals surface area (Å²) in [4.78, 5) is 12.2. The van der Waals surface area contributed by atoms with Gasteiger partial charge in [0.2, 0.25) is 5.91 Å². The van der Waals surface area contributed by atoms with Crippen molar-refractivity contribution in [3.63, 3.8) is 0 Å². The van der Waals surface area contributed by atoms with E-state index < -0.39 is 5.54 Å². The standard InChI is InChI=1S/C14H20N2O2.ClH/c1-11(12-5-3-2-4-6-12)16-13(17)14(15)7-9-18-10-8-14;/h2-6,11H,7-10,15H2,1H3,(H,16,17);1H. The van der Waals surface area contributed by atoms with Crippen LogP contribution in [-0.4, -0.2) is 24.7 Å².